The van der Waals surface area contributed by atoms with Gasteiger partial charge in [-0.1, -0.05) is 18.2 Å². The van der Waals surface area contributed by atoms with E-state index in [9.17, 15) is 8.78 Å². The summed E-state index contributed by atoms with van der Waals surface area (Å²) in [5, 5.41) is 4.22. The smallest absolute Gasteiger partial charge is 0.160 e. The van der Waals surface area contributed by atoms with Crippen LogP contribution in [0.15, 0.2) is 48.8 Å². The Hall–Kier alpha value is -3.28. The van der Waals surface area contributed by atoms with Gasteiger partial charge in [-0.05, 0) is 50.1 Å². The van der Waals surface area contributed by atoms with E-state index < -0.39 is 11.6 Å². The quantitative estimate of drug-likeness (QED) is 0.532. The van der Waals surface area contributed by atoms with Crippen molar-refractivity contribution in [1.82, 2.24) is 14.5 Å². The molecule has 27 heavy (non-hydrogen) atoms. The van der Waals surface area contributed by atoms with Gasteiger partial charge >= 0.3 is 0 Å². The lowest BCUT2D eigenvalue weighted by Gasteiger charge is -2.10. The molecule has 0 spiro atoms. The van der Waals surface area contributed by atoms with Crippen molar-refractivity contribution in [1.29, 1.82) is 0 Å². The Bertz CT molecular complexity index is 1160. The molecule has 4 aromatic rings. The molecule has 1 N–H and O–H groups in total. The number of fused-ring (bicyclic) bond motifs is 1. The number of halogens is 2. The Morgan fingerprint density at radius 1 is 0.926 bits per heavy atom. The minimum Gasteiger partial charge on any atom is -0.339 e. The molecular weight excluding hydrogens is 346 g/mol. The Labute approximate surface area is 155 Å². The Kier molecular flexibility index (Phi) is 4.11. The van der Waals surface area contributed by atoms with Crippen molar-refractivity contribution in [2.75, 3.05) is 5.32 Å². The first kappa shape index (κ1) is 17.1. The molecule has 0 amide bonds. The number of hydrogen-bond acceptors (Lipinski definition) is 3. The van der Waals surface area contributed by atoms with Gasteiger partial charge in [-0.25, -0.2) is 18.7 Å². The largest absolute Gasteiger partial charge is 0.339 e. The van der Waals surface area contributed by atoms with E-state index in [1.807, 2.05) is 49.6 Å². The SMILES string of the molecule is Cc1ccccc1Nc1ncnc2c1c(C)c(C)n2-c1ccc(F)c(F)c1. The summed E-state index contributed by atoms with van der Waals surface area (Å²) in [6.07, 6.45) is 1.47. The third-order valence-corrected chi connectivity index (χ3v) is 4.85. The molecule has 6 heteroatoms. The summed E-state index contributed by atoms with van der Waals surface area (Å²) < 4.78 is 29.0. The van der Waals surface area contributed by atoms with Gasteiger partial charge in [-0.15, -0.1) is 0 Å². The van der Waals surface area contributed by atoms with Crippen LogP contribution in [-0.2, 0) is 0 Å². The summed E-state index contributed by atoms with van der Waals surface area (Å²) in [7, 11) is 0. The molecule has 4 nitrogen and oxygen atoms in total. The van der Waals surface area contributed by atoms with E-state index in [4.69, 9.17) is 0 Å². The summed E-state index contributed by atoms with van der Waals surface area (Å²) in [6, 6.07) is 11.8. The predicted octanol–water partition coefficient (Wildman–Crippen LogP) is 5.37. The minimum atomic E-state index is -0.890. The molecule has 4 rings (SSSR count). The summed E-state index contributed by atoms with van der Waals surface area (Å²) >= 11 is 0. The number of hydrogen-bond donors (Lipinski definition) is 1. The third kappa shape index (κ3) is 2.83. The number of nitrogens with zero attached hydrogens (tertiary/aromatic N) is 3. The van der Waals surface area contributed by atoms with Gasteiger partial charge in [0.15, 0.2) is 17.3 Å². The fourth-order valence-electron chi connectivity index (χ4n) is 3.27. The number of rotatable bonds is 3. The lowest BCUT2D eigenvalue weighted by Crippen LogP contribution is -2.01. The van der Waals surface area contributed by atoms with Crippen LogP contribution in [0.2, 0.25) is 0 Å². The molecule has 0 aliphatic rings. The average molecular weight is 364 g/mol. The van der Waals surface area contributed by atoms with Gasteiger partial charge in [-0.2, -0.15) is 0 Å². The molecule has 0 saturated heterocycles. The number of anilines is 2. The summed E-state index contributed by atoms with van der Waals surface area (Å²) in [5.41, 5.74) is 5.08. The van der Waals surface area contributed by atoms with Gasteiger partial charge in [0.1, 0.15) is 12.1 Å². The van der Waals surface area contributed by atoms with Crippen LogP contribution in [0.4, 0.5) is 20.3 Å². The summed E-state index contributed by atoms with van der Waals surface area (Å²) in [5.74, 6) is -1.09. The van der Waals surface area contributed by atoms with E-state index in [-0.39, 0.29) is 0 Å². The normalized spacial score (nSPS) is 11.1. The fourth-order valence-corrected chi connectivity index (χ4v) is 3.27. The van der Waals surface area contributed by atoms with Crippen LogP contribution >= 0.6 is 0 Å². The zero-order valence-corrected chi connectivity index (χ0v) is 15.2. The molecule has 0 aliphatic heterocycles. The first-order chi connectivity index (χ1) is 13.0. The number of para-hydroxylation sites is 1. The van der Waals surface area contributed by atoms with Gasteiger partial charge < -0.3 is 5.32 Å². The monoisotopic (exact) mass is 364 g/mol. The molecule has 2 heterocycles. The van der Waals surface area contributed by atoms with Gasteiger partial charge in [0, 0.05) is 17.4 Å². The summed E-state index contributed by atoms with van der Waals surface area (Å²) in [6.45, 7) is 5.92. The van der Waals surface area contributed by atoms with Crippen LogP contribution in [0.1, 0.15) is 16.8 Å². The standard InChI is InChI=1S/C21H18F2N4/c1-12-6-4-5-7-18(12)26-20-19-13(2)14(3)27(21(19)25-11-24-20)15-8-9-16(22)17(23)10-15/h4-11H,1-3H3,(H,24,25,26). The zero-order valence-electron chi connectivity index (χ0n) is 15.2. The van der Waals surface area contributed by atoms with Gasteiger partial charge in [0.05, 0.1) is 11.1 Å². The van der Waals surface area contributed by atoms with Crippen LogP contribution in [-0.4, -0.2) is 14.5 Å². The van der Waals surface area contributed by atoms with E-state index in [0.717, 1.165) is 34.0 Å². The van der Waals surface area contributed by atoms with Crippen LogP contribution in [0.5, 0.6) is 0 Å². The second-order valence-corrected chi connectivity index (χ2v) is 6.51. The van der Waals surface area contributed by atoms with Gasteiger partial charge in [-0.3, -0.25) is 4.57 Å². The van der Waals surface area contributed by atoms with E-state index >= 15 is 0 Å². The maximum Gasteiger partial charge on any atom is 0.160 e. The highest BCUT2D eigenvalue weighted by Gasteiger charge is 2.18. The van der Waals surface area contributed by atoms with Gasteiger partial charge in [0.25, 0.3) is 0 Å². The van der Waals surface area contributed by atoms with Crippen molar-refractivity contribution in [2.45, 2.75) is 20.8 Å². The van der Waals surface area contributed by atoms with Crippen molar-refractivity contribution in [3.63, 3.8) is 0 Å². The van der Waals surface area contributed by atoms with E-state index in [0.29, 0.717) is 17.2 Å². The number of benzene rings is 2. The molecule has 0 saturated carbocycles. The summed E-state index contributed by atoms with van der Waals surface area (Å²) in [4.78, 5) is 8.83. The minimum absolute atomic E-state index is 0.519. The van der Waals surface area contributed by atoms with Crippen molar-refractivity contribution in [3.05, 3.63) is 77.2 Å². The van der Waals surface area contributed by atoms with Crippen molar-refractivity contribution in [3.8, 4) is 5.69 Å². The maximum atomic E-state index is 13.8. The molecule has 0 aliphatic carbocycles. The van der Waals surface area contributed by atoms with Crippen LogP contribution < -0.4 is 5.32 Å². The van der Waals surface area contributed by atoms with Crippen molar-refractivity contribution in [2.24, 2.45) is 0 Å². The van der Waals surface area contributed by atoms with Crippen molar-refractivity contribution >= 4 is 22.5 Å². The van der Waals surface area contributed by atoms with Crippen LogP contribution in [0.25, 0.3) is 16.7 Å². The lowest BCUT2D eigenvalue weighted by molar-refractivity contribution is 0.508. The maximum absolute atomic E-state index is 13.8. The molecule has 2 aromatic heterocycles. The molecule has 0 atom stereocenters. The van der Waals surface area contributed by atoms with Crippen LogP contribution in [0.3, 0.4) is 0 Å². The van der Waals surface area contributed by atoms with E-state index in [1.165, 1.54) is 12.4 Å². The van der Waals surface area contributed by atoms with Crippen LogP contribution in [0, 0.1) is 32.4 Å². The van der Waals surface area contributed by atoms with Crippen molar-refractivity contribution < 1.29 is 8.78 Å². The second kappa shape index (κ2) is 6.46. The predicted molar refractivity (Wildman–Crippen MR) is 103 cm³/mol. The number of aromatic nitrogens is 3. The first-order valence-corrected chi connectivity index (χ1v) is 8.58. The number of nitrogens with one attached hydrogen (secondary N) is 1. The zero-order chi connectivity index (χ0) is 19.1. The highest BCUT2D eigenvalue weighted by molar-refractivity contribution is 5.94. The average Bonchev–Trinajstić information content (AvgIpc) is 2.91. The molecule has 0 radical (unpaired) electrons. The highest BCUT2D eigenvalue weighted by Crippen LogP contribution is 2.33. The molecule has 136 valence electrons. The molecule has 0 fully saturated rings. The second-order valence-electron chi connectivity index (χ2n) is 6.51. The Morgan fingerprint density at radius 2 is 1.70 bits per heavy atom. The Morgan fingerprint density at radius 3 is 2.44 bits per heavy atom. The lowest BCUT2D eigenvalue weighted by atomic mass is 10.2. The fraction of sp³-hybridized carbons (Fsp3) is 0.143. The number of aryl methyl sites for hydroxylation is 2. The van der Waals surface area contributed by atoms with Gasteiger partial charge in [0.2, 0.25) is 0 Å². The van der Waals surface area contributed by atoms with E-state index in [2.05, 4.69) is 15.3 Å². The molecular formula is C21H18F2N4. The third-order valence-electron chi connectivity index (χ3n) is 4.85. The Balaban J connectivity index is 1.92. The first-order valence-electron chi connectivity index (χ1n) is 8.58. The topological polar surface area (TPSA) is 42.7 Å². The van der Waals surface area contributed by atoms with E-state index in [1.54, 1.807) is 6.07 Å². The highest BCUT2D eigenvalue weighted by atomic mass is 19.2. The molecule has 0 bridgehead atoms. The molecule has 0 unspecified atom stereocenters. The molecule has 2 aromatic carbocycles.